The van der Waals surface area contributed by atoms with Gasteiger partial charge in [-0.3, -0.25) is 9.59 Å². The van der Waals surface area contributed by atoms with Crippen LogP contribution in [-0.2, 0) is 11.2 Å². The number of aromatic nitrogens is 3. The van der Waals surface area contributed by atoms with Gasteiger partial charge in [0.15, 0.2) is 16.5 Å². The Morgan fingerprint density at radius 3 is 2.64 bits per heavy atom. The largest absolute Gasteiger partial charge is 0.503 e. The highest BCUT2D eigenvalue weighted by Gasteiger charge is 2.41. The van der Waals surface area contributed by atoms with Gasteiger partial charge in [0.1, 0.15) is 5.01 Å². The highest BCUT2D eigenvalue weighted by molar-refractivity contribution is 7.14. The van der Waals surface area contributed by atoms with Gasteiger partial charge in [-0.1, -0.05) is 41.2 Å². The number of benzene rings is 1. The Kier molecular flexibility index (Phi) is 5.76. The Labute approximate surface area is 195 Å². The summed E-state index contributed by atoms with van der Waals surface area (Å²) in [4.78, 5) is 28.0. The summed E-state index contributed by atoms with van der Waals surface area (Å²) < 4.78 is 7.02. The summed E-state index contributed by atoms with van der Waals surface area (Å²) in [6.07, 6.45) is 4.86. The van der Waals surface area contributed by atoms with Crippen LogP contribution < -0.4 is 5.43 Å². The van der Waals surface area contributed by atoms with Crippen molar-refractivity contribution in [3.63, 3.8) is 0 Å². The molecule has 3 aromatic rings. The van der Waals surface area contributed by atoms with Crippen molar-refractivity contribution in [2.45, 2.75) is 44.7 Å². The first-order valence-electron chi connectivity index (χ1n) is 11.1. The van der Waals surface area contributed by atoms with Crippen molar-refractivity contribution in [3.05, 3.63) is 62.5 Å². The predicted octanol–water partition coefficient (Wildman–Crippen LogP) is 3.17. The maximum absolute atomic E-state index is 13.1. The summed E-state index contributed by atoms with van der Waals surface area (Å²) in [6, 6.07) is 8.29. The molecule has 0 spiro atoms. The summed E-state index contributed by atoms with van der Waals surface area (Å²) in [6.45, 7) is 3.09. The number of hydrogen-bond acceptors (Lipinski definition) is 7. The van der Waals surface area contributed by atoms with Gasteiger partial charge >= 0.3 is 0 Å². The van der Waals surface area contributed by atoms with Crippen LogP contribution in [0.2, 0.25) is 0 Å². The van der Waals surface area contributed by atoms with E-state index in [0.29, 0.717) is 31.0 Å². The molecule has 2 aromatic heterocycles. The third kappa shape index (κ3) is 4.18. The average molecular weight is 467 g/mol. The number of aromatic hydroxyl groups is 1. The van der Waals surface area contributed by atoms with E-state index >= 15 is 0 Å². The molecule has 0 bridgehead atoms. The van der Waals surface area contributed by atoms with E-state index in [1.165, 1.54) is 16.9 Å². The van der Waals surface area contributed by atoms with E-state index in [1.807, 2.05) is 31.2 Å². The molecule has 1 amide bonds. The van der Waals surface area contributed by atoms with Crippen molar-refractivity contribution in [2.75, 3.05) is 20.3 Å². The van der Waals surface area contributed by atoms with Crippen molar-refractivity contribution in [1.82, 2.24) is 19.7 Å². The summed E-state index contributed by atoms with van der Waals surface area (Å²) in [7, 11) is 1.64. The number of carbonyl (C=O) groups excluding carboxylic acids is 1. The number of pyridine rings is 1. The van der Waals surface area contributed by atoms with Gasteiger partial charge in [0, 0.05) is 38.9 Å². The minimum atomic E-state index is -0.587. The molecule has 1 fully saturated rings. The SMILES string of the molecule is COCC[C@H]1CN(C2CC2)C(=O)c2c(O)c(=O)c(-c3nnc(Cc4ccc(C)cc4)s3)cn21. The standard InChI is InChI=1S/C24H26N4O4S/c1-14-3-5-15(6-4-14)11-19-25-26-23(33-19)18-13-27-17(9-10-32-2)12-28(16-7-8-16)24(31)20(27)22(30)21(18)29/h3-6,13,16-17,30H,7-12H2,1-2H3/t17-/m0/s1. The van der Waals surface area contributed by atoms with Crippen LogP contribution in [0, 0.1) is 6.92 Å². The number of ether oxygens (including phenoxy) is 1. The van der Waals surface area contributed by atoms with Gasteiger partial charge < -0.3 is 19.3 Å². The maximum atomic E-state index is 13.1. The summed E-state index contributed by atoms with van der Waals surface area (Å²) >= 11 is 1.33. The molecular formula is C24H26N4O4S. The number of fused-ring (bicyclic) bond motifs is 1. The summed E-state index contributed by atoms with van der Waals surface area (Å²) in [5, 5.41) is 20.5. The average Bonchev–Trinajstić information content (AvgIpc) is 3.55. The fourth-order valence-corrected chi connectivity index (χ4v) is 5.19. The lowest BCUT2D eigenvalue weighted by Gasteiger charge is -2.36. The second-order valence-electron chi connectivity index (χ2n) is 8.76. The van der Waals surface area contributed by atoms with E-state index in [4.69, 9.17) is 4.74 Å². The van der Waals surface area contributed by atoms with Crippen LogP contribution in [0.25, 0.3) is 10.6 Å². The molecule has 1 aromatic carbocycles. The maximum Gasteiger partial charge on any atom is 0.274 e. The van der Waals surface area contributed by atoms with Gasteiger partial charge in [0.05, 0.1) is 11.6 Å². The summed E-state index contributed by atoms with van der Waals surface area (Å²) in [5.41, 5.74) is 2.04. The molecule has 1 atom stereocenters. The molecule has 2 aliphatic rings. The van der Waals surface area contributed by atoms with Crippen LogP contribution in [0.15, 0.2) is 35.3 Å². The zero-order chi connectivity index (χ0) is 23.1. The van der Waals surface area contributed by atoms with Crippen LogP contribution >= 0.6 is 11.3 Å². The monoisotopic (exact) mass is 466 g/mol. The van der Waals surface area contributed by atoms with Gasteiger partial charge in [0.25, 0.3) is 5.91 Å². The minimum absolute atomic E-state index is 0.0624. The number of aryl methyl sites for hydroxylation is 1. The first-order chi connectivity index (χ1) is 16.0. The van der Waals surface area contributed by atoms with Gasteiger partial charge in [-0.2, -0.15) is 0 Å². The van der Waals surface area contributed by atoms with Gasteiger partial charge in [-0.15, -0.1) is 10.2 Å². The number of amides is 1. The fourth-order valence-electron chi connectivity index (χ4n) is 4.31. The normalized spacial score (nSPS) is 17.9. The van der Waals surface area contributed by atoms with Crippen LogP contribution in [0.5, 0.6) is 5.75 Å². The first kappa shape index (κ1) is 21.8. The lowest BCUT2D eigenvalue weighted by atomic mass is 10.1. The van der Waals surface area contributed by atoms with Crippen molar-refractivity contribution >= 4 is 17.2 Å². The van der Waals surface area contributed by atoms with Crippen molar-refractivity contribution in [3.8, 4) is 16.3 Å². The Morgan fingerprint density at radius 2 is 1.94 bits per heavy atom. The molecule has 0 radical (unpaired) electrons. The highest BCUT2D eigenvalue weighted by Crippen LogP contribution is 2.37. The van der Waals surface area contributed by atoms with E-state index < -0.39 is 11.2 Å². The Morgan fingerprint density at radius 1 is 1.18 bits per heavy atom. The third-order valence-corrected chi connectivity index (χ3v) is 7.25. The summed E-state index contributed by atoms with van der Waals surface area (Å²) in [5.74, 6) is -0.801. The van der Waals surface area contributed by atoms with E-state index in [9.17, 15) is 14.7 Å². The lowest BCUT2D eigenvalue weighted by molar-refractivity contribution is 0.0617. The molecule has 33 heavy (non-hydrogen) atoms. The third-order valence-electron chi connectivity index (χ3n) is 6.29. The number of nitrogens with zero attached hydrogens (tertiary/aromatic N) is 4. The molecule has 3 heterocycles. The Bertz CT molecular complexity index is 1250. The zero-order valence-corrected chi connectivity index (χ0v) is 19.5. The quantitative estimate of drug-likeness (QED) is 0.574. The van der Waals surface area contributed by atoms with Crippen molar-refractivity contribution < 1.29 is 14.6 Å². The molecule has 1 aliphatic carbocycles. The Hall–Kier alpha value is -3.04. The second-order valence-corrected chi connectivity index (χ2v) is 9.83. The molecule has 8 nitrogen and oxygen atoms in total. The molecular weight excluding hydrogens is 440 g/mol. The molecule has 5 rings (SSSR count). The van der Waals surface area contributed by atoms with E-state index in [2.05, 4.69) is 10.2 Å². The highest BCUT2D eigenvalue weighted by atomic mass is 32.1. The number of carbonyl (C=O) groups is 1. The molecule has 1 N–H and O–H groups in total. The fraction of sp³-hybridized carbons (Fsp3) is 0.417. The molecule has 0 unspecified atom stereocenters. The van der Waals surface area contributed by atoms with E-state index in [-0.39, 0.29) is 29.2 Å². The zero-order valence-electron chi connectivity index (χ0n) is 18.7. The number of methoxy groups -OCH3 is 1. The van der Waals surface area contributed by atoms with Gasteiger partial charge in [0.2, 0.25) is 5.43 Å². The molecule has 1 aliphatic heterocycles. The number of hydrogen-bond donors (Lipinski definition) is 1. The first-order valence-corrected chi connectivity index (χ1v) is 11.9. The van der Waals surface area contributed by atoms with Crippen LogP contribution in [0.4, 0.5) is 0 Å². The van der Waals surface area contributed by atoms with Gasteiger partial charge in [-0.05, 0) is 31.7 Å². The minimum Gasteiger partial charge on any atom is -0.503 e. The predicted molar refractivity (Wildman–Crippen MR) is 125 cm³/mol. The molecule has 1 saturated carbocycles. The van der Waals surface area contributed by atoms with E-state index in [0.717, 1.165) is 23.4 Å². The van der Waals surface area contributed by atoms with Crippen molar-refractivity contribution in [2.24, 2.45) is 0 Å². The lowest BCUT2D eigenvalue weighted by Crippen LogP contribution is -2.45. The van der Waals surface area contributed by atoms with E-state index in [1.54, 1.807) is 22.8 Å². The van der Waals surface area contributed by atoms with Gasteiger partial charge in [-0.25, -0.2) is 0 Å². The Balaban J connectivity index is 1.51. The van der Waals surface area contributed by atoms with Crippen LogP contribution in [0.3, 0.4) is 0 Å². The van der Waals surface area contributed by atoms with Crippen LogP contribution in [-0.4, -0.2) is 57.0 Å². The number of rotatable bonds is 7. The molecule has 172 valence electrons. The van der Waals surface area contributed by atoms with Crippen LogP contribution in [0.1, 0.15) is 51.9 Å². The molecule has 0 saturated heterocycles. The smallest absolute Gasteiger partial charge is 0.274 e. The van der Waals surface area contributed by atoms with Crippen molar-refractivity contribution in [1.29, 1.82) is 0 Å². The second kappa shape index (κ2) is 8.72. The molecule has 9 heteroatoms. The topological polar surface area (TPSA) is 97.6 Å².